The lowest BCUT2D eigenvalue weighted by Gasteiger charge is -2.11. The molecular weight excluding hydrogens is 398 g/mol. The Labute approximate surface area is 177 Å². The van der Waals surface area contributed by atoms with Gasteiger partial charge in [0, 0.05) is 23.5 Å². The summed E-state index contributed by atoms with van der Waals surface area (Å²) in [6.07, 6.45) is 1.67. The number of ether oxygens (including phenoxy) is 2. The summed E-state index contributed by atoms with van der Waals surface area (Å²) in [7, 11) is 0. The molecule has 9 nitrogen and oxygen atoms in total. The normalized spacial score (nSPS) is 10.7. The van der Waals surface area contributed by atoms with Gasteiger partial charge < -0.3 is 9.47 Å². The smallest absolute Gasteiger partial charge is 0.311 e. The van der Waals surface area contributed by atoms with Gasteiger partial charge in [-0.05, 0) is 30.7 Å². The van der Waals surface area contributed by atoms with E-state index in [1.165, 1.54) is 6.07 Å². The van der Waals surface area contributed by atoms with E-state index in [4.69, 9.17) is 9.47 Å². The number of aromatic nitrogens is 4. The highest BCUT2D eigenvalue weighted by atomic mass is 16.7. The number of aryl methyl sites for hydroxylation is 1. The van der Waals surface area contributed by atoms with Crippen LogP contribution in [0.15, 0.2) is 66.9 Å². The fourth-order valence-corrected chi connectivity index (χ4v) is 3.04. The minimum Gasteiger partial charge on any atom is -0.460 e. The molecular formula is C22H19N5O4. The van der Waals surface area contributed by atoms with Gasteiger partial charge >= 0.3 is 5.69 Å². The summed E-state index contributed by atoms with van der Waals surface area (Å²) >= 11 is 0. The molecule has 0 amide bonds. The predicted octanol–water partition coefficient (Wildman–Crippen LogP) is 4.30. The Morgan fingerprint density at radius 3 is 2.71 bits per heavy atom. The molecule has 0 saturated carbocycles. The average Bonchev–Trinajstić information content (AvgIpc) is 3.27. The standard InChI is InChI=1S/C22H19N5O4/c1-15-12-17(10-11-23-15)21-24-22(26-25-21)18-8-5-9-19(27(28)29)20(18)31-14-30-13-16-6-3-2-4-7-16/h2-12H,13-14H2,1H3,(H,24,25,26). The largest absolute Gasteiger partial charge is 0.460 e. The van der Waals surface area contributed by atoms with Crippen LogP contribution in [0.1, 0.15) is 11.3 Å². The van der Waals surface area contributed by atoms with Gasteiger partial charge in [-0.2, -0.15) is 5.10 Å². The number of H-pyrrole nitrogens is 1. The van der Waals surface area contributed by atoms with Crippen molar-refractivity contribution in [2.75, 3.05) is 6.79 Å². The molecule has 0 aliphatic heterocycles. The molecule has 0 bridgehead atoms. The number of pyridine rings is 1. The van der Waals surface area contributed by atoms with Crippen LogP contribution >= 0.6 is 0 Å². The lowest BCUT2D eigenvalue weighted by molar-refractivity contribution is -0.386. The molecule has 4 aromatic rings. The molecule has 1 N–H and O–H groups in total. The van der Waals surface area contributed by atoms with Gasteiger partial charge in [0.05, 0.1) is 17.1 Å². The maximum Gasteiger partial charge on any atom is 0.311 e. The molecule has 2 heterocycles. The first-order valence-corrected chi connectivity index (χ1v) is 9.49. The predicted molar refractivity (Wildman–Crippen MR) is 113 cm³/mol. The Kier molecular flexibility index (Phi) is 5.95. The topological polar surface area (TPSA) is 116 Å². The summed E-state index contributed by atoms with van der Waals surface area (Å²) in [6.45, 7) is 2.04. The number of hydrogen-bond donors (Lipinski definition) is 1. The van der Waals surface area contributed by atoms with Crippen molar-refractivity contribution in [3.63, 3.8) is 0 Å². The van der Waals surface area contributed by atoms with Crippen LogP contribution < -0.4 is 4.74 Å². The molecule has 156 valence electrons. The van der Waals surface area contributed by atoms with Gasteiger partial charge in [-0.3, -0.25) is 20.2 Å². The third-order valence-electron chi connectivity index (χ3n) is 4.48. The number of benzene rings is 2. The molecule has 2 aromatic carbocycles. The summed E-state index contributed by atoms with van der Waals surface area (Å²) in [5, 5.41) is 18.6. The van der Waals surface area contributed by atoms with Crippen molar-refractivity contribution >= 4 is 5.69 Å². The number of nitro groups is 1. The van der Waals surface area contributed by atoms with E-state index >= 15 is 0 Å². The van der Waals surface area contributed by atoms with Gasteiger partial charge in [0.2, 0.25) is 5.75 Å². The van der Waals surface area contributed by atoms with E-state index in [0.29, 0.717) is 23.8 Å². The van der Waals surface area contributed by atoms with E-state index in [-0.39, 0.29) is 18.2 Å². The maximum absolute atomic E-state index is 11.6. The van der Waals surface area contributed by atoms with E-state index in [9.17, 15) is 10.1 Å². The second kappa shape index (κ2) is 9.14. The quantitative estimate of drug-likeness (QED) is 0.197. The Hall–Kier alpha value is -4.11. The first-order valence-electron chi connectivity index (χ1n) is 9.49. The van der Waals surface area contributed by atoms with Crippen molar-refractivity contribution < 1.29 is 14.4 Å². The second-order valence-corrected chi connectivity index (χ2v) is 6.70. The first-order chi connectivity index (χ1) is 15.1. The molecule has 0 atom stereocenters. The van der Waals surface area contributed by atoms with Gasteiger partial charge in [0.1, 0.15) is 0 Å². The van der Waals surface area contributed by atoms with Crippen LogP contribution in [0.5, 0.6) is 5.75 Å². The SMILES string of the molecule is Cc1cc(-c2n[nH]c(-c3cccc([N+](=O)[O-])c3OCOCc3ccccc3)n2)ccn1. The number of aromatic amines is 1. The van der Waals surface area contributed by atoms with Crippen LogP contribution in [0.25, 0.3) is 22.8 Å². The van der Waals surface area contributed by atoms with Crippen molar-refractivity contribution in [3.8, 4) is 28.5 Å². The van der Waals surface area contributed by atoms with Gasteiger partial charge in [0.25, 0.3) is 0 Å². The zero-order valence-corrected chi connectivity index (χ0v) is 16.7. The molecule has 31 heavy (non-hydrogen) atoms. The van der Waals surface area contributed by atoms with Gasteiger partial charge in [0.15, 0.2) is 18.4 Å². The average molecular weight is 417 g/mol. The molecule has 2 aromatic heterocycles. The Morgan fingerprint density at radius 1 is 1.10 bits per heavy atom. The maximum atomic E-state index is 11.6. The van der Waals surface area contributed by atoms with Crippen molar-refractivity contribution in [1.29, 1.82) is 0 Å². The molecule has 0 fully saturated rings. The number of nitrogens with one attached hydrogen (secondary N) is 1. The molecule has 0 spiro atoms. The minimum absolute atomic E-state index is 0.0640. The highest BCUT2D eigenvalue weighted by Gasteiger charge is 2.22. The monoisotopic (exact) mass is 417 g/mol. The summed E-state index contributed by atoms with van der Waals surface area (Å²) in [5.41, 5.74) is 2.83. The summed E-state index contributed by atoms with van der Waals surface area (Å²) < 4.78 is 11.2. The minimum atomic E-state index is -0.500. The van der Waals surface area contributed by atoms with Crippen molar-refractivity contribution in [3.05, 3.63) is 88.2 Å². The third kappa shape index (κ3) is 4.73. The first kappa shape index (κ1) is 20.2. The Bertz CT molecular complexity index is 1190. The van der Waals surface area contributed by atoms with Gasteiger partial charge in [-0.15, -0.1) is 0 Å². The number of rotatable bonds is 8. The van der Waals surface area contributed by atoms with Crippen molar-refractivity contribution in [2.45, 2.75) is 13.5 Å². The van der Waals surface area contributed by atoms with Crippen LogP contribution in [0, 0.1) is 17.0 Å². The highest BCUT2D eigenvalue weighted by Crippen LogP contribution is 2.37. The van der Waals surface area contributed by atoms with E-state index in [2.05, 4.69) is 20.2 Å². The summed E-state index contributed by atoms with van der Waals surface area (Å²) in [6, 6.07) is 17.9. The van der Waals surface area contributed by atoms with E-state index in [1.54, 1.807) is 24.4 Å². The molecule has 9 heteroatoms. The van der Waals surface area contributed by atoms with Gasteiger partial charge in [-0.1, -0.05) is 36.4 Å². The second-order valence-electron chi connectivity index (χ2n) is 6.70. The number of nitrogens with zero attached hydrogens (tertiary/aromatic N) is 4. The zero-order chi connectivity index (χ0) is 21.6. The highest BCUT2D eigenvalue weighted by molar-refractivity contribution is 5.72. The molecule has 0 unspecified atom stereocenters. The zero-order valence-electron chi connectivity index (χ0n) is 16.7. The summed E-state index contributed by atoms with van der Waals surface area (Å²) in [5.74, 6) is 0.874. The Balaban J connectivity index is 1.58. The van der Waals surface area contributed by atoms with Crippen LogP contribution in [0.2, 0.25) is 0 Å². The van der Waals surface area contributed by atoms with Crippen LogP contribution in [0.3, 0.4) is 0 Å². The third-order valence-corrected chi connectivity index (χ3v) is 4.48. The fourth-order valence-electron chi connectivity index (χ4n) is 3.04. The lowest BCUT2D eigenvalue weighted by atomic mass is 10.1. The van der Waals surface area contributed by atoms with Crippen molar-refractivity contribution in [1.82, 2.24) is 20.2 Å². The lowest BCUT2D eigenvalue weighted by Crippen LogP contribution is -2.06. The van der Waals surface area contributed by atoms with Crippen LogP contribution in [-0.4, -0.2) is 31.9 Å². The van der Waals surface area contributed by atoms with E-state index < -0.39 is 4.92 Å². The summed E-state index contributed by atoms with van der Waals surface area (Å²) in [4.78, 5) is 19.7. The molecule has 0 radical (unpaired) electrons. The van der Waals surface area contributed by atoms with Crippen LogP contribution in [0.4, 0.5) is 5.69 Å². The number of para-hydroxylation sites is 1. The Morgan fingerprint density at radius 2 is 1.94 bits per heavy atom. The van der Waals surface area contributed by atoms with Gasteiger partial charge in [-0.25, -0.2) is 4.98 Å². The van der Waals surface area contributed by atoms with E-state index in [0.717, 1.165) is 16.8 Å². The molecule has 0 saturated heterocycles. The van der Waals surface area contributed by atoms with E-state index in [1.807, 2.05) is 43.3 Å². The molecule has 0 aliphatic carbocycles. The fraction of sp³-hybridized carbons (Fsp3) is 0.136. The molecule has 0 aliphatic rings. The van der Waals surface area contributed by atoms with Crippen LogP contribution in [-0.2, 0) is 11.3 Å². The number of nitro benzene ring substituents is 1. The number of hydrogen-bond acceptors (Lipinski definition) is 7. The molecule has 4 rings (SSSR count). The van der Waals surface area contributed by atoms with Crippen molar-refractivity contribution in [2.24, 2.45) is 0 Å².